The second-order valence-corrected chi connectivity index (χ2v) is 6.59. The summed E-state index contributed by atoms with van der Waals surface area (Å²) in [5.41, 5.74) is 2.24. The lowest BCUT2D eigenvalue weighted by Gasteiger charge is -2.21. The van der Waals surface area contributed by atoms with Crippen molar-refractivity contribution in [2.45, 2.75) is 6.54 Å². The summed E-state index contributed by atoms with van der Waals surface area (Å²) < 4.78 is 4.76. The first-order chi connectivity index (χ1) is 15.1. The Kier molecular flexibility index (Phi) is 7.17. The predicted molar refractivity (Wildman–Crippen MR) is 119 cm³/mol. The quantitative estimate of drug-likeness (QED) is 0.351. The third-order valence-electron chi connectivity index (χ3n) is 4.51. The second kappa shape index (κ2) is 10.4. The SMILES string of the molecule is COC(=O)c1ccccc1NC(=O)/C(C#N)=C\N(Cc1ccccc1)c1ccccc1. The van der Waals surface area contributed by atoms with Gasteiger partial charge >= 0.3 is 5.97 Å². The van der Waals surface area contributed by atoms with Crippen LogP contribution in [0.2, 0.25) is 0 Å². The summed E-state index contributed by atoms with van der Waals surface area (Å²) in [4.78, 5) is 26.6. The zero-order valence-corrected chi connectivity index (χ0v) is 17.0. The maximum absolute atomic E-state index is 12.8. The monoisotopic (exact) mass is 411 g/mol. The molecule has 0 unspecified atom stereocenters. The predicted octanol–water partition coefficient (Wildman–Crippen LogP) is 4.53. The number of esters is 1. The van der Waals surface area contributed by atoms with Crippen molar-refractivity contribution in [2.24, 2.45) is 0 Å². The molecule has 154 valence electrons. The van der Waals surface area contributed by atoms with Crippen molar-refractivity contribution in [2.75, 3.05) is 17.3 Å². The van der Waals surface area contributed by atoms with Gasteiger partial charge in [-0.15, -0.1) is 0 Å². The van der Waals surface area contributed by atoms with Gasteiger partial charge in [-0.05, 0) is 29.8 Å². The number of hydrogen-bond donors (Lipinski definition) is 1. The molecule has 0 saturated carbocycles. The Bertz CT molecular complexity index is 1120. The highest BCUT2D eigenvalue weighted by Gasteiger charge is 2.17. The number of amides is 1. The minimum atomic E-state index is -0.618. The van der Waals surface area contributed by atoms with E-state index in [9.17, 15) is 14.9 Å². The van der Waals surface area contributed by atoms with E-state index in [1.165, 1.54) is 13.3 Å². The van der Waals surface area contributed by atoms with Gasteiger partial charge in [0.1, 0.15) is 11.6 Å². The van der Waals surface area contributed by atoms with Gasteiger partial charge in [0.2, 0.25) is 0 Å². The van der Waals surface area contributed by atoms with Crippen LogP contribution in [-0.4, -0.2) is 19.0 Å². The van der Waals surface area contributed by atoms with E-state index in [2.05, 4.69) is 5.32 Å². The molecule has 0 atom stereocenters. The van der Waals surface area contributed by atoms with Crippen LogP contribution in [0.15, 0.2) is 96.7 Å². The fourth-order valence-electron chi connectivity index (χ4n) is 2.97. The molecular formula is C25H21N3O3. The summed E-state index contributed by atoms with van der Waals surface area (Å²) in [5, 5.41) is 12.3. The van der Waals surface area contributed by atoms with Crippen LogP contribution in [0.25, 0.3) is 0 Å². The molecule has 0 bridgehead atoms. The van der Waals surface area contributed by atoms with Gasteiger partial charge in [0, 0.05) is 18.4 Å². The van der Waals surface area contributed by atoms with Crippen LogP contribution in [0.1, 0.15) is 15.9 Å². The number of carbonyl (C=O) groups excluding carboxylic acids is 2. The number of methoxy groups -OCH3 is 1. The molecule has 3 aromatic carbocycles. The minimum Gasteiger partial charge on any atom is -0.465 e. The number of benzene rings is 3. The summed E-state index contributed by atoms with van der Waals surface area (Å²) in [6.07, 6.45) is 1.51. The number of carbonyl (C=O) groups is 2. The van der Waals surface area contributed by atoms with E-state index >= 15 is 0 Å². The highest BCUT2D eigenvalue weighted by molar-refractivity contribution is 6.09. The Morgan fingerprint density at radius 2 is 1.58 bits per heavy atom. The lowest BCUT2D eigenvalue weighted by molar-refractivity contribution is -0.112. The Morgan fingerprint density at radius 1 is 0.968 bits per heavy atom. The molecule has 31 heavy (non-hydrogen) atoms. The molecule has 0 heterocycles. The van der Waals surface area contributed by atoms with E-state index in [1.54, 1.807) is 24.3 Å². The van der Waals surface area contributed by atoms with Gasteiger partial charge in [-0.1, -0.05) is 60.7 Å². The van der Waals surface area contributed by atoms with E-state index in [0.29, 0.717) is 6.54 Å². The number of nitrogens with zero attached hydrogens (tertiary/aromatic N) is 2. The second-order valence-electron chi connectivity index (χ2n) is 6.59. The zero-order chi connectivity index (χ0) is 22.1. The summed E-state index contributed by atoms with van der Waals surface area (Å²) in [6, 6.07) is 27.7. The number of rotatable bonds is 7. The van der Waals surface area contributed by atoms with Crippen molar-refractivity contribution in [1.29, 1.82) is 5.26 Å². The van der Waals surface area contributed by atoms with E-state index in [0.717, 1.165) is 11.3 Å². The molecule has 6 nitrogen and oxygen atoms in total. The molecule has 3 aromatic rings. The first kappa shape index (κ1) is 21.3. The average molecular weight is 411 g/mol. The number of para-hydroxylation sites is 2. The molecule has 0 aliphatic heterocycles. The van der Waals surface area contributed by atoms with Gasteiger partial charge in [0.15, 0.2) is 0 Å². The maximum atomic E-state index is 12.8. The van der Waals surface area contributed by atoms with Crippen LogP contribution in [0, 0.1) is 11.3 Å². The van der Waals surface area contributed by atoms with Crippen molar-refractivity contribution in [3.05, 3.63) is 108 Å². The normalized spacial score (nSPS) is 10.6. The maximum Gasteiger partial charge on any atom is 0.339 e. The van der Waals surface area contributed by atoms with Gasteiger partial charge in [0.25, 0.3) is 5.91 Å². The molecular weight excluding hydrogens is 390 g/mol. The fraction of sp³-hybridized carbons (Fsp3) is 0.0800. The largest absolute Gasteiger partial charge is 0.465 e. The Balaban J connectivity index is 1.91. The van der Waals surface area contributed by atoms with Gasteiger partial charge < -0.3 is 15.0 Å². The lowest BCUT2D eigenvalue weighted by Crippen LogP contribution is -2.21. The van der Waals surface area contributed by atoms with Crippen molar-refractivity contribution >= 4 is 23.3 Å². The summed E-state index contributed by atoms with van der Waals surface area (Å²) in [5.74, 6) is -1.19. The van der Waals surface area contributed by atoms with Crippen LogP contribution < -0.4 is 10.2 Å². The highest BCUT2D eigenvalue weighted by atomic mass is 16.5. The van der Waals surface area contributed by atoms with Crippen LogP contribution in [0.5, 0.6) is 0 Å². The van der Waals surface area contributed by atoms with Crippen molar-refractivity contribution in [3.8, 4) is 6.07 Å². The number of nitrogens with one attached hydrogen (secondary N) is 1. The van der Waals surface area contributed by atoms with Crippen LogP contribution in [0.4, 0.5) is 11.4 Å². The molecule has 1 N–H and O–H groups in total. The number of ether oxygens (including phenoxy) is 1. The van der Waals surface area contributed by atoms with Gasteiger partial charge in [-0.3, -0.25) is 4.79 Å². The molecule has 0 radical (unpaired) electrons. The Morgan fingerprint density at radius 3 is 2.23 bits per heavy atom. The molecule has 0 fully saturated rings. The summed E-state index contributed by atoms with van der Waals surface area (Å²) in [7, 11) is 1.27. The number of nitriles is 1. The van der Waals surface area contributed by atoms with Gasteiger partial charge in [-0.25, -0.2) is 4.79 Å². The van der Waals surface area contributed by atoms with E-state index in [1.807, 2.05) is 71.6 Å². The van der Waals surface area contributed by atoms with Crippen LogP contribution >= 0.6 is 0 Å². The summed E-state index contributed by atoms with van der Waals surface area (Å²) >= 11 is 0. The molecule has 0 aromatic heterocycles. The van der Waals surface area contributed by atoms with E-state index < -0.39 is 11.9 Å². The molecule has 0 saturated heterocycles. The van der Waals surface area contributed by atoms with Crippen molar-refractivity contribution < 1.29 is 14.3 Å². The van der Waals surface area contributed by atoms with Crippen molar-refractivity contribution in [1.82, 2.24) is 0 Å². The number of anilines is 2. The minimum absolute atomic E-state index is 0.0977. The average Bonchev–Trinajstić information content (AvgIpc) is 2.82. The third kappa shape index (κ3) is 5.58. The standard InChI is InChI=1S/C25H21N3O3/c1-31-25(30)22-14-8-9-15-23(22)27-24(29)20(16-26)18-28(21-12-6-3-7-13-21)17-19-10-4-2-5-11-19/h2-15,18H,17H2,1H3,(H,27,29)/b20-18-. The Labute approximate surface area is 181 Å². The van der Waals surface area contributed by atoms with Crippen LogP contribution in [-0.2, 0) is 16.1 Å². The van der Waals surface area contributed by atoms with E-state index in [4.69, 9.17) is 4.74 Å². The van der Waals surface area contributed by atoms with Crippen LogP contribution in [0.3, 0.4) is 0 Å². The topological polar surface area (TPSA) is 82.4 Å². The molecule has 0 aliphatic carbocycles. The molecule has 0 spiro atoms. The molecule has 3 rings (SSSR count). The summed E-state index contributed by atoms with van der Waals surface area (Å²) in [6.45, 7) is 0.474. The third-order valence-corrected chi connectivity index (χ3v) is 4.51. The van der Waals surface area contributed by atoms with E-state index in [-0.39, 0.29) is 16.8 Å². The smallest absolute Gasteiger partial charge is 0.339 e. The zero-order valence-electron chi connectivity index (χ0n) is 17.0. The molecule has 0 aliphatic rings. The molecule has 6 heteroatoms. The first-order valence-electron chi connectivity index (χ1n) is 9.58. The van der Waals surface area contributed by atoms with Gasteiger partial charge in [0.05, 0.1) is 18.4 Å². The Hall–Kier alpha value is -4.37. The number of hydrogen-bond acceptors (Lipinski definition) is 5. The van der Waals surface area contributed by atoms with Gasteiger partial charge in [-0.2, -0.15) is 5.26 Å². The van der Waals surface area contributed by atoms with Crippen molar-refractivity contribution in [3.63, 3.8) is 0 Å². The first-order valence-corrected chi connectivity index (χ1v) is 9.58. The lowest BCUT2D eigenvalue weighted by atomic mass is 10.1. The molecule has 1 amide bonds. The highest BCUT2D eigenvalue weighted by Crippen LogP contribution is 2.20. The fourth-order valence-corrected chi connectivity index (χ4v) is 2.97.